The fourth-order valence-corrected chi connectivity index (χ4v) is 3.81. The lowest BCUT2D eigenvalue weighted by Crippen LogP contribution is -2.56. The van der Waals surface area contributed by atoms with Crippen LogP contribution >= 0.6 is 11.3 Å². The molecule has 25 heavy (non-hydrogen) atoms. The van der Waals surface area contributed by atoms with Crippen LogP contribution in [-0.2, 0) is 0 Å². The first-order chi connectivity index (χ1) is 11.6. The van der Waals surface area contributed by atoms with Gasteiger partial charge >= 0.3 is 0 Å². The van der Waals surface area contributed by atoms with Gasteiger partial charge in [-0.25, -0.2) is 0 Å². The van der Waals surface area contributed by atoms with Gasteiger partial charge < -0.3 is 0 Å². The van der Waals surface area contributed by atoms with E-state index in [1.807, 2.05) is 0 Å². The van der Waals surface area contributed by atoms with Gasteiger partial charge in [0.05, 0.1) is 0 Å². The molecule has 0 amide bonds. The maximum absolute atomic E-state index is 6.32. The molecule has 1 heterocycles. The number of thiophene rings is 1. The average molecular weight is 308 g/mol. The molecule has 3 aromatic rings. The van der Waals surface area contributed by atoms with E-state index in [1.165, 1.54) is 11.3 Å². The van der Waals surface area contributed by atoms with Crippen molar-refractivity contribution in [2.24, 2.45) is 0 Å². The van der Waals surface area contributed by atoms with Crippen LogP contribution in [0.3, 0.4) is 0 Å². The maximum atomic E-state index is 6.32. The first-order valence-electron chi connectivity index (χ1n) is 7.04. The summed E-state index contributed by atoms with van der Waals surface area (Å²) in [6.07, 6.45) is 0. The zero-order valence-corrected chi connectivity index (χ0v) is 14.0. The zero-order valence-electron chi connectivity index (χ0n) is 13.2. The fraction of sp³-hybridized carbons (Fsp3) is 0. The van der Waals surface area contributed by atoms with E-state index in [1.54, 1.807) is 0 Å². The standard InChI is InChI=1S/C14B10S/c15-4-1(2-5(16)9(20)11(22)10(21)6(2)17)7(18)12(23)13-3(4)8(19)14(24)25-13. The van der Waals surface area contributed by atoms with Crippen LogP contribution in [-0.4, -0.2) is 78.5 Å². The largest absolute Gasteiger partial charge is 0.153 e. The van der Waals surface area contributed by atoms with E-state index in [-0.39, 0.29) is 49.3 Å². The van der Waals surface area contributed by atoms with E-state index in [4.69, 9.17) is 78.5 Å². The van der Waals surface area contributed by atoms with E-state index < -0.39 is 0 Å². The molecule has 0 saturated carbocycles. The molecule has 11 heteroatoms. The van der Waals surface area contributed by atoms with Crippen molar-refractivity contribution < 1.29 is 0 Å². The van der Waals surface area contributed by atoms with E-state index in [0.717, 1.165) is 0 Å². The van der Waals surface area contributed by atoms with Gasteiger partial charge in [-0.3, -0.25) is 0 Å². The molecule has 0 N–H and O–H groups in total. The summed E-state index contributed by atoms with van der Waals surface area (Å²) >= 11 is 1.19. The molecule has 0 atom stereocenters. The van der Waals surface area contributed by atoms with Gasteiger partial charge in [-0.2, -0.15) is 11.3 Å². The molecule has 3 rings (SSSR count). The molecule has 0 unspecified atom stereocenters. The quantitative estimate of drug-likeness (QED) is 0.392. The van der Waals surface area contributed by atoms with E-state index in [2.05, 4.69) is 0 Å². The van der Waals surface area contributed by atoms with Crippen molar-refractivity contribution in [2.45, 2.75) is 0 Å². The summed E-state index contributed by atoms with van der Waals surface area (Å²) in [5, 5.41) is 0.483. The summed E-state index contributed by atoms with van der Waals surface area (Å²) in [6, 6.07) is 0. The van der Waals surface area contributed by atoms with Crippen LogP contribution in [0.2, 0.25) is 0 Å². The second-order valence-electron chi connectivity index (χ2n) is 5.64. The Balaban J connectivity index is 2.57. The monoisotopic (exact) mass is 310 g/mol. The predicted octanol–water partition coefficient (Wildman–Crippen LogP) is -7.49. The van der Waals surface area contributed by atoms with Gasteiger partial charge in [0, 0.05) is 4.70 Å². The van der Waals surface area contributed by atoms with Gasteiger partial charge in [-0.05, 0) is 16.5 Å². The highest BCUT2D eigenvalue weighted by Crippen LogP contribution is 2.16. The second kappa shape index (κ2) is 6.34. The van der Waals surface area contributed by atoms with Crippen molar-refractivity contribution in [2.75, 3.05) is 0 Å². The molecule has 2 aromatic carbocycles. The summed E-state index contributed by atoms with van der Waals surface area (Å²) in [7, 11) is 60.6. The Morgan fingerprint density at radius 3 is 1.32 bits per heavy atom. The lowest BCUT2D eigenvalue weighted by molar-refractivity contribution is 1.91. The highest BCUT2D eigenvalue weighted by Gasteiger charge is 2.20. The smallest absolute Gasteiger partial charge is 0.128 e. The highest BCUT2D eigenvalue weighted by atomic mass is 32.1. The molecule has 20 radical (unpaired) electrons. The molecule has 0 spiro atoms. The van der Waals surface area contributed by atoms with Crippen LogP contribution in [0.25, 0.3) is 21.2 Å². The Morgan fingerprint density at radius 1 is 0.400 bits per heavy atom. The van der Waals surface area contributed by atoms with Gasteiger partial charge in [0.25, 0.3) is 0 Å². The third kappa shape index (κ3) is 2.57. The predicted molar refractivity (Wildman–Crippen MR) is 121 cm³/mol. The lowest BCUT2D eigenvalue weighted by Gasteiger charge is -2.26. The Kier molecular flexibility index (Phi) is 4.77. The van der Waals surface area contributed by atoms with Gasteiger partial charge in [0.15, 0.2) is 0 Å². The third-order valence-corrected chi connectivity index (χ3v) is 5.33. The van der Waals surface area contributed by atoms with Crippen molar-refractivity contribution in [3.05, 3.63) is 0 Å². The number of hydrogen-bond donors (Lipinski definition) is 0. The molecule has 0 aliphatic heterocycles. The van der Waals surface area contributed by atoms with Crippen molar-refractivity contribution in [1.82, 2.24) is 0 Å². The molecular weight excluding hydrogens is 308 g/mol. The van der Waals surface area contributed by atoms with Gasteiger partial charge in [-0.1, -0.05) is 37.6 Å². The summed E-state index contributed by atoms with van der Waals surface area (Å²) < 4.78 is 0.963. The minimum Gasteiger partial charge on any atom is -0.153 e. The minimum atomic E-state index is 0.0805. The first kappa shape index (κ1) is 18.8. The van der Waals surface area contributed by atoms with Crippen molar-refractivity contribution in [3.63, 3.8) is 0 Å². The maximum Gasteiger partial charge on any atom is 0.128 e. The summed E-state index contributed by atoms with van der Waals surface area (Å²) in [5.74, 6) is 0. The molecule has 0 saturated heterocycles. The Hall–Kier alpha value is -0.951. The second-order valence-corrected chi connectivity index (χ2v) is 6.70. The molecule has 0 nitrogen and oxygen atoms in total. The molecular formula is C14B10S. The fourth-order valence-electron chi connectivity index (χ4n) is 2.83. The average Bonchev–Trinajstić information content (AvgIpc) is 2.88. The number of hydrogen-bond acceptors (Lipinski definition) is 1. The van der Waals surface area contributed by atoms with Crippen molar-refractivity contribution >= 4 is 154 Å². The molecule has 0 bridgehead atoms. The van der Waals surface area contributed by atoms with Crippen molar-refractivity contribution in [3.8, 4) is 11.1 Å². The SMILES string of the molecule is [B]c1sc2c([B])c([B])c(-c3c([B])c([B])c([B])c([B])c3[B])c([B])c2c1[B]. The Labute approximate surface area is 164 Å². The summed E-state index contributed by atoms with van der Waals surface area (Å²) in [4.78, 5) is 0. The van der Waals surface area contributed by atoms with E-state index in [0.29, 0.717) is 25.9 Å². The van der Waals surface area contributed by atoms with Crippen molar-refractivity contribution in [1.29, 1.82) is 0 Å². The normalized spacial score (nSPS) is 11.2. The van der Waals surface area contributed by atoms with E-state index in [9.17, 15) is 0 Å². The van der Waals surface area contributed by atoms with Crippen LogP contribution in [0.15, 0.2) is 0 Å². The summed E-state index contributed by atoms with van der Waals surface area (Å²) in [6.45, 7) is 0. The summed E-state index contributed by atoms with van der Waals surface area (Å²) in [5.41, 5.74) is 1.98. The Morgan fingerprint density at radius 2 is 0.800 bits per heavy atom. The zero-order chi connectivity index (χ0) is 18.8. The minimum absolute atomic E-state index is 0.0805. The van der Waals surface area contributed by atoms with Gasteiger partial charge in [0.2, 0.25) is 0 Å². The molecule has 0 aliphatic rings. The van der Waals surface area contributed by atoms with Gasteiger partial charge in [0.1, 0.15) is 78.5 Å². The molecule has 92 valence electrons. The number of benzene rings is 2. The van der Waals surface area contributed by atoms with Crippen LogP contribution < -0.4 is 53.9 Å². The molecule has 0 aliphatic carbocycles. The number of fused-ring (bicyclic) bond motifs is 1. The third-order valence-electron chi connectivity index (χ3n) is 4.27. The van der Waals surface area contributed by atoms with Crippen LogP contribution in [0, 0.1) is 0 Å². The number of rotatable bonds is 1. The molecule has 1 aromatic heterocycles. The lowest BCUT2D eigenvalue weighted by atomic mass is 9.57. The Bertz CT molecular complexity index is 1020. The van der Waals surface area contributed by atoms with Crippen LogP contribution in [0.4, 0.5) is 0 Å². The van der Waals surface area contributed by atoms with Gasteiger partial charge in [-0.15, -0.1) is 16.4 Å². The van der Waals surface area contributed by atoms with Crippen LogP contribution in [0.1, 0.15) is 0 Å². The molecule has 0 fully saturated rings. The van der Waals surface area contributed by atoms with E-state index >= 15 is 0 Å². The van der Waals surface area contributed by atoms with Crippen LogP contribution in [0.5, 0.6) is 0 Å². The first-order valence-corrected chi connectivity index (χ1v) is 7.86. The highest BCUT2D eigenvalue weighted by molar-refractivity contribution is 7.29. The topological polar surface area (TPSA) is 0 Å².